The van der Waals surface area contributed by atoms with Crippen LogP contribution in [0.3, 0.4) is 0 Å². The molecule has 0 N–H and O–H groups in total. The fourth-order valence-electron chi connectivity index (χ4n) is 1.20. The van der Waals surface area contributed by atoms with Crippen molar-refractivity contribution in [3.05, 3.63) is 42.0 Å². The number of hydrogen-bond acceptors (Lipinski definition) is 3. The fourth-order valence-corrected chi connectivity index (χ4v) is 1.79. The lowest BCUT2D eigenvalue weighted by atomic mass is 10.1. The lowest BCUT2D eigenvalue weighted by Gasteiger charge is -2.01. The van der Waals surface area contributed by atoms with Crippen molar-refractivity contribution in [3.8, 4) is 5.75 Å². The molecule has 1 aromatic carbocycles. The van der Waals surface area contributed by atoms with E-state index in [1.165, 1.54) is 0 Å². The molecule has 5 heteroatoms. The van der Waals surface area contributed by atoms with Gasteiger partial charge in [0.05, 0.1) is 12.9 Å². The van der Waals surface area contributed by atoms with Crippen LogP contribution in [-0.2, 0) is 15.5 Å². The van der Waals surface area contributed by atoms with Crippen LogP contribution in [0, 0.1) is 0 Å². The molecule has 1 rings (SSSR count). The molecule has 1 aromatic rings. The summed E-state index contributed by atoms with van der Waals surface area (Å²) in [4.78, 5) is 0. The minimum absolute atomic E-state index is 0.140. The van der Waals surface area contributed by atoms with E-state index >= 15 is 0 Å². The van der Waals surface area contributed by atoms with Crippen molar-refractivity contribution in [3.63, 3.8) is 0 Å². The number of benzene rings is 1. The molecule has 0 aliphatic carbocycles. The number of allylic oxidation sites excluding steroid dienone is 1. The molecule has 0 heterocycles. The molecule has 88 valence electrons. The van der Waals surface area contributed by atoms with E-state index < -0.39 is 9.05 Å². The Morgan fingerprint density at radius 3 is 2.75 bits per heavy atom. The van der Waals surface area contributed by atoms with E-state index in [9.17, 15) is 8.42 Å². The number of hydrogen-bond donors (Lipinski definition) is 0. The van der Waals surface area contributed by atoms with Gasteiger partial charge in [-0.05, 0) is 24.1 Å². The Hall–Kier alpha value is -1.00. The van der Waals surface area contributed by atoms with Gasteiger partial charge in [0, 0.05) is 10.7 Å². The summed E-state index contributed by atoms with van der Waals surface area (Å²) in [6.45, 7) is 0. The van der Waals surface area contributed by atoms with Gasteiger partial charge in [0.1, 0.15) is 5.75 Å². The van der Waals surface area contributed by atoms with Crippen molar-refractivity contribution in [1.29, 1.82) is 0 Å². The topological polar surface area (TPSA) is 43.4 Å². The first kappa shape index (κ1) is 13.1. The van der Waals surface area contributed by atoms with Crippen LogP contribution >= 0.6 is 10.7 Å². The van der Waals surface area contributed by atoms with Gasteiger partial charge in [-0.2, -0.15) is 0 Å². The van der Waals surface area contributed by atoms with Gasteiger partial charge >= 0.3 is 0 Å². The SMILES string of the molecule is COc1cccc(C/C=C\CS(=O)(=O)Cl)c1. The minimum atomic E-state index is -3.43. The Bertz CT molecular complexity index is 466. The second kappa shape index (κ2) is 5.92. The Balaban J connectivity index is 2.54. The molecule has 0 aliphatic heterocycles. The van der Waals surface area contributed by atoms with Gasteiger partial charge in [0.15, 0.2) is 0 Å². The molecule has 3 nitrogen and oxygen atoms in total. The Kier molecular flexibility index (Phi) is 4.83. The lowest BCUT2D eigenvalue weighted by Crippen LogP contribution is -1.92. The smallest absolute Gasteiger partial charge is 0.236 e. The molecule has 0 saturated carbocycles. The summed E-state index contributed by atoms with van der Waals surface area (Å²) in [7, 11) is 3.24. The van der Waals surface area contributed by atoms with Crippen LogP contribution in [0.4, 0.5) is 0 Å². The van der Waals surface area contributed by atoms with Crippen LogP contribution in [0.25, 0.3) is 0 Å². The molecule has 16 heavy (non-hydrogen) atoms. The number of rotatable bonds is 5. The summed E-state index contributed by atoms with van der Waals surface area (Å²) < 4.78 is 26.3. The Morgan fingerprint density at radius 1 is 1.38 bits per heavy atom. The van der Waals surface area contributed by atoms with Crippen LogP contribution in [-0.4, -0.2) is 21.3 Å². The van der Waals surface area contributed by atoms with Gasteiger partial charge in [-0.1, -0.05) is 24.3 Å². The zero-order chi connectivity index (χ0) is 12.0. The van der Waals surface area contributed by atoms with Crippen molar-refractivity contribution in [2.45, 2.75) is 6.42 Å². The number of methoxy groups -OCH3 is 1. The maximum absolute atomic E-state index is 10.6. The van der Waals surface area contributed by atoms with Gasteiger partial charge in [0.25, 0.3) is 0 Å². The molecule has 0 atom stereocenters. The van der Waals surface area contributed by atoms with E-state index in [2.05, 4.69) is 0 Å². The van der Waals surface area contributed by atoms with Crippen LogP contribution in [0.5, 0.6) is 5.75 Å². The number of ether oxygens (including phenoxy) is 1. The predicted octanol–water partition coefficient (Wildman–Crippen LogP) is 2.36. The molecule has 0 amide bonds. The largest absolute Gasteiger partial charge is 0.497 e. The van der Waals surface area contributed by atoms with Crippen molar-refractivity contribution in [2.75, 3.05) is 12.9 Å². The Labute approximate surface area is 100 Å². The maximum Gasteiger partial charge on any atom is 0.236 e. The van der Waals surface area contributed by atoms with Gasteiger partial charge in [0.2, 0.25) is 9.05 Å². The minimum Gasteiger partial charge on any atom is -0.497 e. The monoisotopic (exact) mass is 260 g/mol. The van der Waals surface area contributed by atoms with E-state index in [-0.39, 0.29) is 5.75 Å². The van der Waals surface area contributed by atoms with Crippen LogP contribution < -0.4 is 4.74 Å². The summed E-state index contributed by atoms with van der Waals surface area (Å²) in [5.74, 6) is 0.647. The van der Waals surface area contributed by atoms with Gasteiger partial charge in [-0.3, -0.25) is 0 Å². The van der Waals surface area contributed by atoms with E-state index in [1.54, 1.807) is 19.3 Å². The third-order valence-electron chi connectivity index (χ3n) is 1.95. The normalized spacial score (nSPS) is 11.9. The lowest BCUT2D eigenvalue weighted by molar-refractivity contribution is 0.414. The van der Waals surface area contributed by atoms with E-state index in [0.717, 1.165) is 11.3 Å². The fraction of sp³-hybridized carbons (Fsp3) is 0.273. The van der Waals surface area contributed by atoms with Crippen molar-refractivity contribution < 1.29 is 13.2 Å². The molecule has 0 radical (unpaired) electrons. The first-order chi connectivity index (χ1) is 7.51. The highest BCUT2D eigenvalue weighted by Gasteiger charge is 1.99. The highest BCUT2D eigenvalue weighted by Crippen LogP contribution is 2.13. The van der Waals surface area contributed by atoms with Crippen LogP contribution in [0.2, 0.25) is 0 Å². The third kappa shape index (κ3) is 5.19. The Morgan fingerprint density at radius 2 is 2.12 bits per heavy atom. The molecule has 0 aromatic heterocycles. The van der Waals surface area contributed by atoms with E-state index in [1.807, 2.05) is 24.3 Å². The van der Waals surface area contributed by atoms with E-state index in [0.29, 0.717) is 6.42 Å². The summed E-state index contributed by atoms with van der Waals surface area (Å²) in [6, 6.07) is 7.60. The molecular formula is C11H13ClO3S. The maximum atomic E-state index is 10.6. The first-order valence-corrected chi connectivity index (χ1v) is 7.19. The zero-order valence-corrected chi connectivity index (χ0v) is 10.5. The average Bonchev–Trinajstić information content (AvgIpc) is 2.23. The second-order valence-electron chi connectivity index (χ2n) is 3.23. The molecular weight excluding hydrogens is 248 g/mol. The van der Waals surface area contributed by atoms with E-state index in [4.69, 9.17) is 15.4 Å². The van der Waals surface area contributed by atoms with Crippen LogP contribution in [0.15, 0.2) is 36.4 Å². The zero-order valence-electron chi connectivity index (χ0n) is 8.89. The van der Waals surface area contributed by atoms with Gasteiger partial charge < -0.3 is 4.74 Å². The van der Waals surface area contributed by atoms with Crippen molar-refractivity contribution >= 4 is 19.7 Å². The van der Waals surface area contributed by atoms with Gasteiger partial charge in [-0.25, -0.2) is 8.42 Å². The molecule has 0 saturated heterocycles. The molecule has 0 spiro atoms. The average molecular weight is 261 g/mol. The van der Waals surface area contributed by atoms with Crippen molar-refractivity contribution in [1.82, 2.24) is 0 Å². The first-order valence-electron chi connectivity index (χ1n) is 4.71. The predicted molar refractivity (Wildman–Crippen MR) is 65.5 cm³/mol. The summed E-state index contributed by atoms with van der Waals surface area (Å²) >= 11 is 0. The quantitative estimate of drug-likeness (QED) is 0.603. The standard InChI is InChI=1S/C11H13ClO3S/c1-15-11-7-4-6-10(9-11)5-2-3-8-16(12,13)14/h2-4,6-7,9H,5,8H2,1H3/b3-2-. The molecule has 0 fully saturated rings. The summed E-state index contributed by atoms with van der Waals surface area (Å²) in [5, 5.41) is 0. The molecule has 0 aliphatic rings. The molecule has 0 unspecified atom stereocenters. The second-order valence-corrected chi connectivity index (χ2v) is 6.05. The number of halogens is 1. The highest BCUT2D eigenvalue weighted by molar-refractivity contribution is 8.13. The summed E-state index contributed by atoms with van der Waals surface area (Å²) in [6.07, 6.45) is 3.97. The van der Waals surface area contributed by atoms with Crippen molar-refractivity contribution in [2.24, 2.45) is 0 Å². The molecule has 0 bridgehead atoms. The summed E-state index contributed by atoms with van der Waals surface area (Å²) in [5.41, 5.74) is 1.06. The van der Waals surface area contributed by atoms with Gasteiger partial charge in [-0.15, -0.1) is 0 Å². The highest BCUT2D eigenvalue weighted by atomic mass is 35.7. The van der Waals surface area contributed by atoms with Crippen LogP contribution in [0.1, 0.15) is 5.56 Å². The third-order valence-corrected chi connectivity index (χ3v) is 2.92.